The molecule has 0 nitrogen and oxygen atoms in total. The average Bonchev–Trinajstić information content (AvgIpc) is 2.61. The predicted octanol–water partition coefficient (Wildman–Crippen LogP) is 9.15. The summed E-state index contributed by atoms with van der Waals surface area (Å²) in [7, 11) is 0. The van der Waals surface area contributed by atoms with Crippen LogP contribution >= 0.6 is 0 Å². The van der Waals surface area contributed by atoms with E-state index in [0.29, 0.717) is 0 Å². The fourth-order valence-corrected chi connectivity index (χ4v) is 2.14. The van der Waals surface area contributed by atoms with Crippen molar-refractivity contribution >= 4 is 0 Å². The molecule has 0 fully saturated rings. The third-order valence-electron chi connectivity index (χ3n) is 4.27. The van der Waals surface area contributed by atoms with Crippen molar-refractivity contribution in [1.29, 1.82) is 0 Å². The van der Waals surface area contributed by atoms with E-state index in [4.69, 9.17) is 0 Å². The minimum absolute atomic E-state index is 1.12. The Bertz CT molecular complexity index is 727. The topological polar surface area (TPSA) is 0 Å². The van der Waals surface area contributed by atoms with E-state index in [9.17, 15) is 0 Å². The second kappa shape index (κ2) is 15.7. The Kier molecular flexibility index (Phi) is 14.4. The van der Waals surface area contributed by atoms with Crippen molar-refractivity contribution in [2.75, 3.05) is 0 Å². The SMILES string of the molecule is CC(C)=CCC/C(C)=C/C=C/C(C)=C/C=C/C=C(C)/C=C/C=CC(C)=C(C)C. The van der Waals surface area contributed by atoms with E-state index >= 15 is 0 Å². The van der Waals surface area contributed by atoms with Crippen LogP contribution < -0.4 is 0 Å². The summed E-state index contributed by atoms with van der Waals surface area (Å²) in [5, 5.41) is 0. The zero-order valence-electron chi connectivity index (χ0n) is 19.3. The van der Waals surface area contributed by atoms with Crippen LogP contribution in [0.15, 0.2) is 106 Å². The minimum Gasteiger partial charge on any atom is -0.0856 e. The molecule has 0 aromatic heterocycles. The second-order valence-electron chi connectivity index (χ2n) is 7.80. The zero-order valence-corrected chi connectivity index (χ0v) is 19.3. The lowest BCUT2D eigenvalue weighted by atomic mass is 10.1. The fraction of sp³-hybridized carbons (Fsp3) is 0.357. The largest absolute Gasteiger partial charge is 0.0856 e. The molecule has 0 aromatic rings. The first-order chi connectivity index (χ1) is 13.2. The van der Waals surface area contributed by atoms with Crippen molar-refractivity contribution in [1.82, 2.24) is 0 Å². The first-order valence-electron chi connectivity index (χ1n) is 10.2. The lowest BCUT2D eigenvalue weighted by molar-refractivity contribution is 0.967. The van der Waals surface area contributed by atoms with E-state index in [-0.39, 0.29) is 0 Å². The van der Waals surface area contributed by atoms with Crippen LogP contribution in [0, 0.1) is 0 Å². The molecule has 0 unspecified atom stereocenters. The summed E-state index contributed by atoms with van der Waals surface area (Å²) in [5.41, 5.74) is 7.95. The van der Waals surface area contributed by atoms with Gasteiger partial charge >= 0.3 is 0 Å². The highest BCUT2D eigenvalue weighted by atomic mass is 13.9. The molecule has 0 radical (unpaired) electrons. The summed E-state index contributed by atoms with van der Waals surface area (Å²) in [6.07, 6.45) is 27.9. The Labute approximate surface area is 174 Å². The van der Waals surface area contributed by atoms with Crippen LogP contribution in [0.2, 0.25) is 0 Å². The molecule has 0 spiro atoms. The van der Waals surface area contributed by atoms with E-state index in [2.05, 4.69) is 128 Å². The molecular formula is C28H40. The Morgan fingerprint density at radius 1 is 0.571 bits per heavy atom. The van der Waals surface area contributed by atoms with Crippen LogP contribution in [0.4, 0.5) is 0 Å². The van der Waals surface area contributed by atoms with Gasteiger partial charge in [0.1, 0.15) is 0 Å². The van der Waals surface area contributed by atoms with E-state index in [1.165, 1.54) is 33.4 Å². The molecule has 0 aromatic carbocycles. The van der Waals surface area contributed by atoms with Gasteiger partial charge in [-0.05, 0) is 68.2 Å². The molecular weight excluding hydrogens is 336 g/mol. The smallest absolute Gasteiger partial charge is 0.0285 e. The second-order valence-corrected chi connectivity index (χ2v) is 7.80. The Morgan fingerprint density at radius 2 is 1.11 bits per heavy atom. The van der Waals surface area contributed by atoms with Gasteiger partial charge in [-0.25, -0.2) is 0 Å². The molecule has 0 N–H and O–H groups in total. The summed E-state index contributed by atoms with van der Waals surface area (Å²) in [4.78, 5) is 0. The molecule has 0 aliphatic carbocycles. The van der Waals surface area contributed by atoms with Crippen molar-refractivity contribution in [3.05, 3.63) is 106 Å². The maximum atomic E-state index is 2.29. The molecule has 0 rings (SSSR count). The molecule has 0 atom stereocenters. The van der Waals surface area contributed by atoms with Gasteiger partial charge in [0, 0.05) is 0 Å². The Morgan fingerprint density at radius 3 is 1.64 bits per heavy atom. The highest BCUT2D eigenvalue weighted by Crippen LogP contribution is 2.07. The summed E-state index contributed by atoms with van der Waals surface area (Å²) < 4.78 is 0. The summed E-state index contributed by atoms with van der Waals surface area (Å²) in [5.74, 6) is 0. The van der Waals surface area contributed by atoms with Gasteiger partial charge in [0.2, 0.25) is 0 Å². The van der Waals surface area contributed by atoms with Gasteiger partial charge in [-0.15, -0.1) is 0 Å². The van der Waals surface area contributed by atoms with Gasteiger partial charge in [-0.1, -0.05) is 106 Å². The lowest BCUT2D eigenvalue weighted by Gasteiger charge is -1.96. The third kappa shape index (κ3) is 15.9. The van der Waals surface area contributed by atoms with E-state index in [0.717, 1.165) is 12.8 Å². The Balaban J connectivity index is 4.53. The predicted molar refractivity (Wildman–Crippen MR) is 131 cm³/mol. The third-order valence-corrected chi connectivity index (χ3v) is 4.27. The van der Waals surface area contributed by atoms with Gasteiger partial charge in [-0.3, -0.25) is 0 Å². The number of hydrogen-bond donors (Lipinski definition) is 0. The molecule has 28 heavy (non-hydrogen) atoms. The molecule has 0 heterocycles. The highest BCUT2D eigenvalue weighted by Gasteiger charge is 1.87. The molecule has 0 bridgehead atoms. The van der Waals surface area contributed by atoms with Crippen LogP contribution in [0.3, 0.4) is 0 Å². The van der Waals surface area contributed by atoms with Gasteiger partial charge < -0.3 is 0 Å². The van der Waals surface area contributed by atoms with Crippen LogP contribution in [-0.4, -0.2) is 0 Å². The maximum absolute atomic E-state index is 2.29. The lowest BCUT2D eigenvalue weighted by Crippen LogP contribution is -1.76. The molecule has 0 saturated carbocycles. The van der Waals surface area contributed by atoms with Crippen molar-refractivity contribution in [3.63, 3.8) is 0 Å². The van der Waals surface area contributed by atoms with Gasteiger partial charge in [0.15, 0.2) is 0 Å². The summed E-state index contributed by atoms with van der Waals surface area (Å²) >= 11 is 0. The van der Waals surface area contributed by atoms with Gasteiger partial charge in [0.25, 0.3) is 0 Å². The molecule has 0 heteroatoms. The minimum atomic E-state index is 1.12. The summed E-state index contributed by atoms with van der Waals surface area (Å²) in [6, 6.07) is 0. The molecule has 0 aliphatic heterocycles. The standard InChI is InChI=1S/C28H40/c1-23(2)15-13-19-27(7)21-14-20-26(6)17-10-9-16-25(5)18-11-12-22-28(8)24(3)4/h9-12,14-18,20-22H,13,19H2,1-8H3/b10-9+,18-11+,20-14+,22-12?,25-16+,26-17+,27-21+. The van der Waals surface area contributed by atoms with Crippen molar-refractivity contribution in [3.8, 4) is 0 Å². The van der Waals surface area contributed by atoms with Crippen LogP contribution in [-0.2, 0) is 0 Å². The normalized spacial score (nSPS) is 14.1. The first-order valence-corrected chi connectivity index (χ1v) is 10.2. The summed E-state index contributed by atoms with van der Waals surface area (Å²) in [6.45, 7) is 17.1. The number of hydrogen-bond acceptors (Lipinski definition) is 0. The molecule has 0 amide bonds. The van der Waals surface area contributed by atoms with Crippen molar-refractivity contribution in [2.45, 2.75) is 68.2 Å². The van der Waals surface area contributed by atoms with Crippen LogP contribution in [0.25, 0.3) is 0 Å². The average molecular weight is 377 g/mol. The Hall–Kier alpha value is -2.34. The van der Waals surface area contributed by atoms with E-state index in [1.54, 1.807) is 0 Å². The van der Waals surface area contributed by atoms with Gasteiger partial charge in [-0.2, -0.15) is 0 Å². The zero-order chi connectivity index (χ0) is 21.4. The molecule has 0 saturated heterocycles. The quantitative estimate of drug-likeness (QED) is 0.263. The molecule has 0 aliphatic rings. The maximum Gasteiger partial charge on any atom is -0.0285 e. The van der Waals surface area contributed by atoms with Crippen LogP contribution in [0.5, 0.6) is 0 Å². The highest BCUT2D eigenvalue weighted by molar-refractivity contribution is 5.30. The fourth-order valence-electron chi connectivity index (χ4n) is 2.14. The monoisotopic (exact) mass is 376 g/mol. The van der Waals surface area contributed by atoms with E-state index < -0.39 is 0 Å². The number of allylic oxidation sites excluding steroid dienone is 18. The first kappa shape index (κ1) is 25.7. The molecule has 152 valence electrons. The van der Waals surface area contributed by atoms with Gasteiger partial charge in [0.05, 0.1) is 0 Å². The van der Waals surface area contributed by atoms with Crippen LogP contribution in [0.1, 0.15) is 68.2 Å². The van der Waals surface area contributed by atoms with E-state index in [1.807, 2.05) is 0 Å². The van der Waals surface area contributed by atoms with Crippen molar-refractivity contribution < 1.29 is 0 Å². The number of rotatable bonds is 10. The van der Waals surface area contributed by atoms with Crippen molar-refractivity contribution in [2.24, 2.45) is 0 Å².